The molecule has 0 radical (unpaired) electrons. The summed E-state index contributed by atoms with van der Waals surface area (Å²) in [6.45, 7) is 8.82. The molecule has 0 spiro atoms. The number of pyridine rings is 1. The van der Waals surface area contributed by atoms with Crippen LogP contribution in [0.1, 0.15) is 28.2 Å². The minimum atomic E-state index is -0.0729. The van der Waals surface area contributed by atoms with Crippen LogP contribution in [0.15, 0.2) is 6.07 Å². The van der Waals surface area contributed by atoms with Gasteiger partial charge in [-0.3, -0.25) is 14.4 Å². The van der Waals surface area contributed by atoms with E-state index in [9.17, 15) is 4.79 Å². The van der Waals surface area contributed by atoms with Crippen LogP contribution in [0.2, 0.25) is 0 Å². The highest BCUT2D eigenvalue weighted by Gasteiger charge is 2.16. The Morgan fingerprint density at radius 1 is 1.29 bits per heavy atom. The third kappa shape index (κ3) is 3.57. The van der Waals surface area contributed by atoms with Crippen LogP contribution in [0.4, 0.5) is 0 Å². The van der Waals surface area contributed by atoms with E-state index in [4.69, 9.17) is 4.74 Å². The van der Waals surface area contributed by atoms with E-state index in [1.165, 1.54) is 0 Å². The Morgan fingerprint density at radius 3 is 2.96 bits per heavy atom. The molecular formula is C17H25N5O2. The molecule has 3 heterocycles. The lowest BCUT2D eigenvalue weighted by Crippen LogP contribution is -2.36. The number of carbonyl (C=O) groups excluding carboxylic acids is 1. The molecule has 0 aliphatic carbocycles. The van der Waals surface area contributed by atoms with E-state index in [0.29, 0.717) is 12.1 Å². The molecule has 1 saturated heterocycles. The van der Waals surface area contributed by atoms with Gasteiger partial charge in [0.2, 0.25) is 0 Å². The summed E-state index contributed by atoms with van der Waals surface area (Å²) < 4.78 is 7.20. The largest absolute Gasteiger partial charge is 0.380 e. The molecule has 0 unspecified atom stereocenters. The van der Waals surface area contributed by atoms with E-state index in [1.54, 1.807) is 4.68 Å². The lowest BCUT2D eigenvalue weighted by atomic mass is 10.1. The van der Waals surface area contributed by atoms with Gasteiger partial charge in [0.25, 0.3) is 5.91 Å². The number of rotatable bonds is 4. The Hall–Kier alpha value is -1.99. The summed E-state index contributed by atoms with van der Waals surface area (Å²) in [6, 6.07) is 1.90. The fraction of sp³-hybridized carbons (Fsp3) is 0.588. The zero-order valence-corrected chi connectivity index (χ0v) is 14.6. The Balaban J connectivity index is 1.65. The molecule has 130 valence electrons. The zero-order valence-electron chi connectivity index (χ0n) is 14.6. The first kappa shape index (κ1) is 16.9. The first-order valence-electron chi connectivity index (χ1n) is 8.45. The third-order valence-corrected chi connectivity index (χ3v) is 4.46. The van der Waals surface area contributed by atoms with Gasteiger partial charge in [0.05, 0.1) is 23.6 Å². The number of aromatic nitrogens is 3. The average molecular weight is 331 g/mol. The second kappa shape index (κ2) is 7.27. The second-order valence-electron chi connectivity index (χ2n) is 6.26. The number of hydrogen-bond donors (Lipinski definition) is 1. The summed E-state index contributed by atoms with van der Waals surface area (Å²) >= 11 is 0. The number of ether oxygens (including phenoxy) is 1. The van der Waals surface area contributed by atoms with Crippen molar-refractivity contribution in [3.05, 3.63) is 23.0 Å². The van der Waals surface area contributed by atoms with Crippen LogP contribution < -0.4 is 5.32 Å². The fourth-order valence-corrected chi connectivity index (χ4v) is 3.11. The first-order valence-corrected chi connectivity index (χ1v) is 8.45. The van der Waals surface area contributed by atoms with Crippen LogP contribution in [-0.2, 0) is 11.8 Å². The van der Waals surface area contributed by atoms with Gasteiger partial charge >= 0.3 is 0 Å². The van der Waals surface area contributed by atoms with Crippen molar-refractivity contribution in [3.8, 4) is 0 Å². The van der Waals surface area contributed by atoms with Crippen molar-refractivity contribution in [2.75, 3.05) is 39.4 Å². The second-order valence-corrected chi connectivity index (χ2v) is 6.26. The number of hydrogen-bond acceptors (Lipinski definition) is 5. The standard InChI is InChI=1S/C17H25N5O2/c1-12-15(11-14-13(2)20-21(3)16(14)19-12)17(23)18-5-7-22-6-4-9-24-10-8-22/h11H,4-10H2,1-3H3,(H,18,23). The minimum absolute atomic E-state index is 0.0729. The Morgan fingerprint density at radius 2 is 2.12 bits per heavy atom. The Kier molecular flexibility index (Phi) is 5.11. The topological polar surface area (TPSA) is 72.3 Å². The molecule has 3 rings (SSSR count). The van der Waals surface area contributed by atoms with Gasteiger partial charge in [-0.15, -0.1) is 0 Å². The SMILES string of the molecule is Cc1nc2c(cc1C(=O)NCCN1CCCOCC1)c(C)nn2C. The van der Waals surface area contributed by atoms with Gasteiger partial charge in [-0.1, -0.05) is 0 Å². The summed E-state index contributed by atoms with van der Waals surface area (Å²) in [5.74, 6) is -0.0729. The molecule has 1 N–H and O–H groups in total. The van der Waals surface area contributed by atoms with Crippen molar-refractivity contribution in [2.24, 2.45) is 7.05 Å². The molecule has 1 fully saturated rings. The molecule has 1 amide bonds. The summed E-state index contributed by atoms with van der Waals surface area (Å²) in [4.78, 5) is 19.4. The van der Waals surface area contributed by atoms with Crippen LogP contribution in [0.3, 0.4) is 0 Å². The van der Waals surface area contributed by atoms with Crippen molar-refractivity contribution in [1.29, 1.82) is 0 Å². The van der Waals surface area contributed by atoms with Crippen LogP contribution >= 0.6 is 0 Å². The number of nitrogens with one attached hydrogen (secondary N) is 1. The third-order valence-electron chi connectivity index (χ3n) is 4.46. The molecule has 2 aromatic rings. The van der Waals surface area contributed by atoms with E-state index in [2.05, 4.69) is 20.3 Å². The van der Waals surface area contributed by atoms with E-state index in [1.807, 2.05) is 27.0 Å². The zero-order chi connectivity index (χ0) is 17.1. The van der Waals surface area contributed by atoms with Crippen molar-refractivity contribution < 1.29 is 9.53 Å². The number of amides is 1. The maximum absolute atomic E-state index is 12.5. The molecule has 0 atom stereocenters. The van der Waals surface area contributed by atoms with Gasteiger partial charge in [-0.05, 0) is 26.3 Å². The first-order chi connectivity index (χ1) is 11.6. The molecule has 0 bridgehead atoms. The number of nitrogens with zero attached hydrogens (tertiary/aromatic N) is 4. The number of aryl methyl sites for hydroxylation is 3. The Bertz CT molecular complexity index is 732. The average Bonchev–Trinajstić information content (AvgIpc) is 2.73. The molecule has 2 aromatic heterocycles. The summed E-state index contributed by atoms with van der Waals surface area (Å²) in [7, 11) is 1.87. The van der Waals surface area contributed by atoms with E-state index >= 15 is 0 Å². The minimum Gasteiger partial charge on any atom is -0.380 e. The van der Waals surface area contributed by atoms with Gasteiger partial charge in [-0.2, -0.15) is 5.10 Å². The van der Waals surface area contributed by atoms with Crippen LogP contribution in [-0.4, -0.2) is 65.0 Å². The molecule has 7 heteroatoms. The summed E-state index contributed by atoms with van der Waals surface area (Å²) in [5.41, 5.74) is 3.05. The van der Waals surface area contributed by atoms with E-state index in [-0.39, 0.29) is 5.91 Å². The van der Waals surface area contributed by atoms with E-state index < -0.39 is 0 Å². The van der Waals surface area contributed by atoms with Gasteiger partial charge in [0.1, 0.15) is 0 Å². The molecule has 1 aliphatic heterocycles. The fourth-order valence-electron chi connectivity index (χ4n) is 3.11. The van der Waals surface area contributed by atoms with Crippen LogP contribution in [0.5, 0.6) is 0 Å². The van der Waals surface area contributed by atoms with Gasteiger partial charge < -0.3 is 10.1 Å². The predicted molar refractivity (Wildman–Crippen MR) is 92.2 cm³/mol. The highest BCUT2D eigenvalue weighted by atomic mass is 16.5. The molecule has 0 aromatic carbocycles. The molecule has 0 saturated carbocycles. The highest BCUT2D eigenvalue weighted by Crippen LogP contribution is 2.19. The van der Waals surface area contributed by atoms with Gasteiger partial charge in [-0.25, -0.2) is 4.98 Å². The number of fused-ring (bicyclic) bond motifs is 1. The normalized spacial score (nSPS) is 16.3. The van der Waals surface area contributed by atoms with Crippen LogP contribution in [0, 0.1) is 13.8 Å². The maximum atomic E-state index is 12.5. The van der Waals surface area contributed by atoms with Gasteiger partial charge in [0.15, 0.2) is 5.65 Å². The maximum Gasteiger partial charge on any atom is 0.253 e. The lowest BCUT2D eigenvalue weighted by Gasteiger charge is -2.19. The van der Waals surface area contributed by atoms with Crippen molar-refractivity contribution in [3.63, 3.8) is 0 Å². The lowest BCUT2D eigenvalue weighted by molar-refractivity contribution is 0.0946. The highest BCUT2D eigenvalue weighted by molar-refractivity contribution is 5.98. The van der Waals surface area contributed by atoms with Gasteiger partial charge in [0, 0.05) is 45.2 Å². The predicted octanol–water partition coefficient (Wildman–Crippen LogP) is 1.04. The smallest absolute Gasteiger partial charge is 0.253 e. The Labute approximate surface area is 142 Å². The summed E-state index contributed by atoms with van der Waals surface area (Å²) in [6.07, 6.45) is 1.05. The molecule has 7 nitrogen and oxygen atoms in total. The monoisotopic (exact) mass is 331 g/mol. The van der Waals surface area contributed by atoms with Crippen LogP contribution in [0.25, 0.3) is 11.0 Å². The molecule has 1 aliphatic rings. The van der Waals surface area contributed by atoms with E-state index in [0.717, 1.165) is 61.7 Å². The summed E-state index contributed by atoms with van der Waals surface area (Å²) in [5, 5.41) is 8.31. The van der Waals surface area contributed by atoms with Crippen molar-refractivity contribution in [2.45, 2.75) is 20.3 Å². The van der Waals surface area contributed by atoms with Crippen molar-refractivity contribution >= 4 is 16.9 Å². The molecule has 24 heavy (non-hydrogen) atoms. The molecular weight excluding hydrogens is 306 g/mol. The number of carbonyl (C=O) groups is 1. The quantitative estimate of drug-likeness (QED) is 0.906. The van der Waals surface area contributed by atoms with Crippen molar-refractivity contribution in [1.82, 2.24) is 25.0 Å².